The number of aryl methyl sites for hydroxylation is 2. The average molecular weight is 543 g/mol. The number of aromatic amines is 2. The third-order valence-corrected chi connectivity index (χ3v) is 7.09. The van der Waals surface area contributed by atoms with Crippen molar-refractivity contribution in [2.75, 3.05) is 6.61 Å². The number of carbonyl (C=O) groups excluding carboxylic acids is 1. The van der Waals surface area contributed by atoms with Gasteiger partial charge in [-0.25, -0.2) is 24.7 Å². The summed E-state index contributed by atoms with van der Waals surface area (Å²) in [6.07, 6.45) is 15.1. The molecule has 0 amide bonds. The standard InChI is InChI=1S/C31H26N8O2/c1-4-41-31(40)22-17-21-16-20-6-9-24(35-20)26(29-32-11-13-38(29)2)23-8-5-18(34-23)15-19-7-10-25(36-19)27(28(22)37-21)30-33-12-14-39(30)3/h5-17,34,37H,4H2,1-3H3. The quantitative estimate of drug-likeness (QED) is 0.278. The molecular formula is C31H26N8O2. The van der Waals surface area contributed by atoms with Crippen molar-refractivity contribution in [1.29, 1.82) is 0 Å². The first-order valence-electron chi connectivity index (χ1n) is 13.3. The zero-order valence-electron chi connectivity index (χ0n) is 22.7. The molecule has 2 aliphatic rings. The summed E-state index contributed by atoms with van der Waals surface area (Å²) < 4.78 is 9.33. The van der Waals surface area contributed by atoms with Crippen LogP contribution in [0.3, 0.4) is 0 Å². The molecule has 0 atom stereocenters. The number of nitrogens with one attached hydrogen (secondary N) is 2. The largest absolute Gasteiger partial charge is 0.462 e. The first-order chi connectivity index (χ1) is 20.0. The topological polar surface area (TPSA) is 119 Å². The van der Waals surface area contributed by atoms with E-state index < -0.39 is 5.97 Å². The zero-order chi connectivity index (χ0) is 28.1. The second kappa shape index (κ2) is 9.60. The molecule has 5 aromatic rings. The number of hydrogen-bond donors (Lipinski definition) is 2. The molecule has 10 heteroatoms. The summed E-state index contributed by atoms with van der Waals surface area (Å²) in [5.74, 6) is 1.03. The Kier molecular flexibility index (Phi) is 5.74. The van der Waals surface area contributed by atoms with Crippen LogP contribution in [0.25, 0.3) is 69.1 Å². The van der Waals surface area contributed by atoms with E-state index >= 15 is 0 Å². The molecule has 0 fully saturated rings. The number of imidazole rings is 2. The van der Waals surface area contributed by atoms with E-state index in [9.17, 15) is 4.79 Å². The van der Waals surface area contributed by atoms with Gasteiger partial charge in [-0.15, -0.1) is 0 Å². The average Bonchev–Trinajstić information content (AvgIpc) is 3.78. The van der Waals surface area contributed by atoms with Gasteiger partial charge in [-0.1, -0.05) is 0 Å². The minimum atomic E-state index is -0.429. The monoisotopic (exact) mass is 542 g/mol. The van der Waals surface area contributed by atoms with Gasteiger partial charge in [0.15, 0.2) is 0 Å². The van der Waals surface area contributed by atoms with Gasteiger partial charge in [-0.2, -0.15) is 0 Å². The van der Waals surface area contributed by atoms with Crippen molar-refractivity contribution in [3.63, 3.8) is 0 Å². The van der Waals surface area contributed by atoms with Gasteiger partial charge in [0.1, 0.15) is 11.6 Å². The van der Waals surface area contributed by atoms with Gasteiger partial charge in [0.2, 0.25) is 0 Å². The number of H-pyrrole nitrogens is 2. The number of fused-ring (bicyclic) bond motifs is 8. The molecule has 7 rings (SSSR count). The first kappa shape index (κ1) is 24.5. The number of aromatic nitrogens is 8. The number of hydrogen-bond acceptors (Lipinski definition) is 6. The second-order valence-electron chi connectivity index (χ2n) is 9.83. The number of carbonyl (C=O) groups is 1. The maximum absolute atomic E-state index is 13.2. The van der Waals surface area contributed by atoms with Crippen molar-refractivity contribution in [2.45, 2.75) is 6.92 Å². The summed E-state index contributed by atoms with van der Waals surface area (Å²) in [4.78, 5) is 39.3. The van der Waals surface area contributed by atoms with Crippen molar-refractivity contribution in [2.24, 2.45) is 14.1 Å². The van der Waals surface area contributed by atoms with Gasteiger partial charge < -0.3 is 23.8 Å². The molecule has 0 aromatic carbocycles. The molecule has 0 unspecified atom stereocenters. The number of ether oxygens (including phenoxy) is 1. The van der Waals surface area contributed by atoms with Crippen LogP contribution in [0.1, 0.15) is 40.1 Å². The van der Waals surface area contributed by atoms with Crippen LogP contribution in [-0.4, -0.2) is 51.6 Å². The lowest BCUT2D eigenvalue weighted by Gasteiger charge is -2.06. The predicted molar refractivity (Wildman–Crippen MR) is 159 cm³/mol. The van der Waals surface area contributed by atoms with Crippen LogP contribution in [-0.2, 0) is 18.8 Å². The van der Waals surface area contributed by atoms with Crippen molar-refractivity contribution in [3.8, 4) is 22.8 Å². The summed E-state index contributed by atoms with van der Waals surface area (Å²) in [6, 6.07) is 9.73. The Balaban J connectivity index is 1.63. The van der Waals surface area contributed by atoms with Crippen LogP contribution in [0.15, 0.2) is 55.1 Å². The van der Waals surface area contributed by atoms with Gasteiger partial charge in [0.05, 0.1) is 57.1 Å². The highest BCUT2D eigenvalue weighted by molar-refractivity contribution is 6.05. The minimum Gasteiger partial charge on any atom is -0.462 e. The molecule has 0 aliphatic carbocycles. The number of rotatable bonds is 4. The van der Waals surface area contributed by atoms with Crippen molar-refractivity contribution in [3.05, 3.63) is 83.5 Å². The Labute approximate surface area is 234 Å². The highest BCUT2D eigenvalue weighted by atomic mass is 16.5. The van der Waals surface area contributed by atoms with E-state index in [0.29, 0.717) is 33.7 Å². The van der Waals surface area contributed by atoms with E-state index in [1.54, 1.807) is 25.4 Å². The fraction of sp³-hybridized carbons (Fsp3) is 0.129. The molecule has 10 nitrogen and oxygen atoms in total. The predicted octanol–water partition coefficient (Wildman–Crippen LogP) is 5.63. The minimum absolute atomic E-state index is 0.255. The summed E-state index contributed by atoms with van der Waals surface area (Å²) in [7, 11) is 3.87. The lowest BCUT2D eigenvalue weighted by Crippen LogP contribution is -2.05. The normalized spacial score (nSPS) is 12.3. The molecule has 0 saturated carbocycles. The molecule has 0 radical (unpaired) electrons. The van der Waals surface area contributed by atoms with Crippen LogP contribution in [0.2, 0.25) is 0 Å². The van der Waals surface area contributed by atoms with E-state index in [-0.39, 0.29) is 6.61 Å². The van der Waals surface area contributed by atoms with Gasteiger partial charge in [0.25, 0.3) is 0 Å². The van der Waals surface area contributed by atoms with E-state index in [0.717, 1.165) is 39.5 Å². The Hall–Kier alpha value is -5.51. The van der Waals surface area contributed by atoms with E-state index in [1.807, 2.05) is 84.2 Å². The summed E-state index contributed by atoms with van der Waals surface area (Å²) in [6.45, 7) is 2.05. The molecule has 0 saturated heterocycles. The number of nitrogens with zero attached hydrogens (tertiary/aromatic N) is 6. The maximum Gasteiger partial charge on any atom is 0.340 e. The SMILES string of the molecule is CCOC(=O)c1cc2cc3nc(c(-c4nccn4C)c4ccc(cc5nc(c(-c6nccn6C)c1[nH]2)C=C5)[nH]4)C=C3. The van der Waals surface area contributed by atoms with Gasteiger partial charge >= 0.3 is 5.97 Å². The molecule has 2 aliphatic heterocycles. The van der Waals surface area contributed by atoms with Crippen LogP contribution in [0.5, 0.6) is 0 Å². The lowest BCUT2D eigenvalue weighted by molar-refractivity contribution is 0.0529. The Morgan fingerprint density at radius 3 is 2.07 bits per heavy atom. The first-order valence-corrected chi connectivity index (χ1v) is 13.3. The molecule has 8 bridgehead atoms. The van der Waals surface area contributed by atoms with Crippen LogP contribution < -0.4 is 0 Å². The van der Waals surface area contributed by atoms with Gasteiger partial charge in [-0.05, 0) is 61.6 Å². The second-order valence-corrected chi connectivity index (χ2v) is 9.83. The molecule has 7 heterocycles. The Morgan fingerprint density at radius 2 is 1.44 bits per heavy atom. The Morgan fingerprint density at radius 1 is 0.805 bits per heavy atom. The smallest absolute Gasteiger partial charge is 0.340 e. The highest BCUT2D eigenvalue weighted by Crippen LogP contribution is 2.32. The number of esters is 1. The molecule has 202 valence electrons. The molecule has 41 heavy (non-hydrogen) atoms. The fourth-order valence-electron chi connectivity index (χ4n) is 5.22. The third kappa shape index (κ3) is 4.26. The maximum atomic E-state index is 13.2. The highest BCUT2D eigenvalue weighted by Gasteiger charge is 2.21. The van der Waals surface area contributed by atoms with Gasteiger partial charge in [-0.3, -0.25) is 0 Å². The summed E-state index contributed by atoms with van der Waals surface area (Å²) in [5.41, 5.74) is 7.97. The lowest BCUT2D eigenvalue weighted by atomic mass is 10.1. The summed E-state index contributed by atoms with van der Waals surface area (Å²) in [5, 5.41) is 0. The van der Waals surface area contributed by atoms with Crippen LogP contribution in [0, 0.1) is 0 Å². The van der Waals surface area contributed by atoms with E-state index in [1.165, 1.54) is 0 Å². The summed E-state index contributed by atoms with van der Waals surface area (Å²) >= 11 is 0. The van der Waals surface area contributed by atoms with E-state index in [4.69, 9.17) is 14.7 Å². The van der Waals surface area contributed by atoms with Crippen LogP contribution in [0.4, 0.5) is 0 Å². The third-order valence-electron chi connectivity index (χ3n) is 7.09. The van der Waals surface area contributed by atoms with Crippen molar-refractivity contribution < 1.29 is 9.53 Å². The van der Waals surface area contributed by atoms with E-state index in [2.05, 4.69) is 19.9 Å². The van der Waals surface area contributed by atoms with Crippen LogP contribution >= 0.6 is 0 Å². The van der Waals surface area contributed by atoms with Crippen molar-refractivity contribution >= 4 is 52.3 Å². The van der Waals surface area contributed by atoms with Crippen molar-refractivity contribution in [1.82, 2.24) is 39.0 Å². The Bertz CT molecular complexity index is 2070. The van der Waals surface area contributed by atoms with Gasteiger partial charge in [0, 0.05) is 49.9 Å². The molecule has 0 spiro atoms. The molecule has 5 aromatic heterocycles. The molecule has 2 N–H and O–H groups in total. The zero-order valence-corrected chi connectivity index (χ0v) is 22.7. The molecular weight excluding hydrogens is 516 g/mol. The fourth-order valence-corrected chi connectivity index (χ4v) is 5.22.